The number of phenols is 1. The molecule has 0 fully saturated rings. The number of hydrogen-bond donors (Lipinski definition) is 1. The molecule has 2 aromatic rings. The third-order valence-electron chi connectivity index (χ3n) is 2.35. The summed E-state index contributed by atoms with van der Waals surface area (Å²) >= 11 is 0. The van der Waals surface area contributed by atoms with E-state index in [-0.39, 0.29) is 0 Å². The zero-order valence-corrected chi connectivity index (χ0v) is 8.94. The maximum Gasteiger partial charge on any atom is 0.120 e. The second-order valence-electron chi connectivity index (χ2n) is 3.87. The average molecular weight is 202 g/mol. The molecule has 0 aliphatic heterocycles. The molecule has 78 valence electrons. The van der Waals surface area contributed by atoms with Gasteiger partial charge in [0.15, 0.2) is 0 Å². The molecule has 15 heavy (non-hydrogen) atoms. The first-order valence-corrected chi connectivity index (χ1v) is 4.89. The van der Waals surface area contributed by atoms with Crippen LogP contribution in [0.1, 0.15) is 5.56 Å². The highest BCUT2D eigenvalue weighted by molar-refractivity contribution is 5.84. The Labute approximate surface area is 89.0 Å². The summed E-state index contributed by atoms with van der Waals surface area (Å²) in [5.74, 6) is 0.337. The van der Waals surface area contributed by atoms with Crippen molar-refractivity contribution in [1.29, 1.82) is 0 Å². The van der Waals surface area contributed by atoms with Gasteiger partial charge in [0, 0.05) is 23.7 Å². The summed E-state index contributed by atoms with van der Waals surface area (Å²) in [5.41, 5.74) is 1.86. The van der Waals surface area contributed by atoms with Crippen molar-refractivity contribution >= 4 is 10.9 Å². The van der Waals surface area contributed by atoms with Crippen LogP contribution < -0.4 is 0 Å². The summed E-state index contributed by atoms with van der Waals surface area (Å²) in [7, 11) is 3.96. The molecule has 1 N–H and O–H groups in total. The summed E-state index contributed by atoms with van der Waals surface area (Å²) in [6, 6.07) is 7.42. The van der Waals surface area contributed by atoms with E-state index in [1.807, 2.05) is 37.2 Å². The van der Waals surface area contributed by atoms with E-state index < -0.39 is 0 Å². The molecule has 0 spiro atoms. The van der Waals surface area contributed by atoms with Crippen LogP contribution in [0.4, 0.5) is 0 Å². The Kier molecular flexibility index (Phi) is 2.56. The molecule has 0 aliphatic carbocycles. The van der Waals surface area contributed by atoms with Crippen LogP contribution in [0, 0.1) is 0 Å². The van der Waals surface area contributed by atoms with Gasteiger partial charge in [0.2, 0.25) is 0 Å². The first-order chi connectivity index (χ1) is 7.18. The number of nitrogens with zero attached hydrogens (tertiary/aromatic N) is 2. The first kappa shape index (κ1) is 9.93. The van der Waals surface area contributed by atoms with Gasteiger partial charge >= 0.3 is 0 Å². The Hall–Kier alpha value is -1.61. The van der Waals surface area contributed by atoms with E-state index >= 15 is 0 Å². The lowest BCUT2D eigenvalue weighted by Gasteiger charge is -2.13. The zero-order valence-electron chi connectivity index (χ0n) is 8.94. The lowest BCUT2D eigenvalue weighted by Crippen LogP contribution is -2.11. The largest absolute Gasteiger partial charge is 0.508 e. The van der Waals surface area contributed by atoms with E-state index in [0.29, 0.717) is 5.75 Å². The van der Waals surface area contributed by atoms with Crippen LogP contribution in [0.3, 0.4) is 0 Å². The summed E-state index contributed by atoms with van der Waals surface area (Å²) < 4.78 is 0. The Balaban J connectivity index is 2.63. The third kappa shape index (κ3) is 1.92. The van der Waals surface area contributed by atoms with Crippen molar-refractivity contribution in [2.45, 2.75) is 6.54 Å². The van der Waals surface area contributed by atoms with Gasteiger partial charge in [-0.05, 0) is 32.3 Å². The lowest BCUT2D eigenvalue weighted by molar-refractivity contribution is 0.388. The van der Waals surface area contributed by atoms with Gasteiger partial charge in [0.1, 0.15) is 5.75 Å². The lowest BCUT2D eigenvalue weighted by atomic mass is 10.1. The Morgan fingerprint density at radius 3 is 2.80 bits per heavy atom. The fourth-order valence-corrected chi connectivity index (χ4v) is 1.68. The summed E-state index contributed by atoms with van der Waals surface area (Å²) in [5, 5.41) is 10.8. The molecule has 0 bridgehead atoms. The van der Waals surface area contributed by atoms with Crippen LogP contribution in [0.2, 0.25) is 0 Å². The van der Waals surface area contributed by atoms with E-state index in [1.165, 1.54) is 0 Å². The van der Waals surface area contributed by atoms with E-state index in [4.69, 9.17) is 0 Å². The van der Waals surface area contributed by atoms with E-state index in [0.717, 1.165) is 23.0 Å². The molecule has 0 radical (unpaired) electrons. The zero-order chi connectivity index (χ0) is 10.8. The Bertz CT molecular complexity index is 480. The second-order valence-corrected chi connectivity index (χ2v) is 3.87. The number of aromatic nitrogens is 1. The van der Waals surface area contributed by atoms with Crippen LogP contribution in [0.5, 0.6) is 5.75 Å². The van der Waals surface area contributed by atoms with Crippen LogP contribution in [0.25, 0.3) is 10.9 Å². The SMILES string of the molecule is CN(C)Cc1c(O)ccc2ncccc12. The van der Waals surface area contributed by atoms with E-state index in [9.17, 15) is 5.11 Å². The summed E-state index contributed by atoms with van der Waals surface area (Å²) in [4.78, 5) is 6.29. The summed E-state index contributed by atoms with van der Waals surface area (Å²) in [6.45, 7) is 0.717. The number of benzene rings is 1. The van der Waals surface area contributed by atoms with Crippen molar-refractivity contribution in [2.24, 2.45) is 0 Å². The second kappa shape index (κ2) is 3.87. The first-order valence-electron chi connectivity index (χ1n) is 4.89. The molecular weight excluding hydrogens is 188 g/mol. The molecule has 3 nitrogen and oxygen atoms in total. The van der Waals surface area contributed by atoms with Crippen molar-refractivity contribution in [2.75, 3.05) is 14.1 Å². The van der Waals surface area contributed by atoms with Gasteiger partial charge in [0.05, 0.1) is 5.52 Å². The molecule has 0 atom stereocenters. The smallest absolute Gasteiger partial charge is 0.120 e. The fourth-order valence-electron chi connectivity index (χ4n) is 1.68. The summed E-state index contributed by atoms with van der Waals surface area (Å²) in [6.07, 6.45) is 1.76. The van der Waals surface area contributed by atoms with E-state index in [1.54, 1.807) is 12.3 Å². The predicted molar refractivity (Wildman–Crippen MR) is 60.8 cm³/mol. The number of phenolic OH excluding ortho intramolecular Hbond substituents is 1. The van der Waals surface area contributed by atoms with Crippen LogP contribution in [-0.2, 0) is 6.54 Å². The van der Waals surface area contributed by atoms with Crippen molar-refractivity contribution in [3.8, 4) is 5.75 Å². The number of pyridine rings is 1. The molecule has 0 amide bonds. The molecule has 0 saturated carbocycles. The molecule has 3 heteroatoms. The minimum atomic E-state index is 0.337. The van der Waals surface area contributed by atoms with Crippen LogP contribution in [-0.4, -0.2) is 29.1 Å². The van der Waals surface area contributed by atoms with Crippen LogP contribution in [0.15, 0.2) is 30.5 Å². The number of fused-ring (bicyclic) bond motifs is 1. The van der Waals surface area contributed by atoms with Crippen molar-refractivity contribution in [1.82, 2.24) is 9.88 Å². The van der Waals surface area contributed by atoms with Gasteiger partial charge in [0.25, 0.3) is 0 Å². The maximum atomic E-state index is 9.80. The minimum Gasteiger partial charge on any atom is -0.508 e. The molecule has 2 rings (SSSR count). The van der Waals surface area contributed by atoms with Crippen LogP contribution >= 0.6 is 0 Å². The monoisotopic (exact) mass is 202 g/mol. The minimum absolute atomic E-state index is 0.337. The average Bonchev–Trinajstić information content (AvgIpc) is 2.22. The highest BCUT2D eigenvalue weighted by Crippen LogP contribution is 2.26. The normalized spacial score (nSPS) is 11.1. The molecule has 0 unspecified atom stereocenters. The quantitative estimate of drug-likeness (QED) is 0.809. The van der Waals surface area contributed by atoms with Crippen molar-refractivity contribution < 1.29 is 5.11 Å². The Morgan fingerprint density at radius 2 is 2.07 bits per heavy atom. The highest BCUT2D eigenvalue weighted by Gasteiger charge is 2.07. The van der Waals surface area contributed by atoms with Gasteiger partial charge in [-0.3, -0.25) is 4.98 Å². The van der Waals surface area contributed by atoms with Crippen molar-refractivity contribution in [3.05, 3.63) is 36.0 Å². The number of hydrogen-bond acceptors (Lipinski definition) is 3. The third-order valence-corrected chi connectivity index (χ3v) is 2.35. The number of aromatic hydroxyl groups is 1. The fraction of sp³-hybridized carbons (Fsp3) is 0.250. The van der Waals surface area contributed by atoms with Crippen molar-refractivity contribution in [3.63, 3.8) is 0 Å². The predicted octanol–water partition coefficient (Wildman–Crippen LogP) is 2.00. The van der Waals surface area contributed by atoms with Gasteiger partial charge in [-0.25, -0.2) is 0 Å². The molecule has 0 saturated heterocycles. The van der Waals surface area contributed by atoms with Gasteiger partial charge in [-0.2, -0.15) is 0 Å². The molecule has 1 aromatic carbocycles. The molecule has 1 aromatic heterocycles. The number of rotatable bonds is 2. The van der Waals surface area contributed by atoms with Gasteiger partial charge in [-0.1, -0.05) is 6.07 Å². The highest BCUT2D eigenvalue weighted by atomic mass is 16.3. The molecular formula is C12H14N2O. The van der Waals surface area contributed by atoms with Gasteiger partial charge < -0.3 is 10.0 Å². The maximum absolute atomic E-state index is 9.80. The van der Waals surface area contributed by atoms with Gasteiger partial charge in [-0.15, -0.1) is 0 Å². The Morgan fingerprint density at radius 1 is 1.27 bits per heavy atom. The molecule has 0 aliphatic rings. The topological polar surface area (TPSA) is 36.4 Å². The standard InChI is InChI=1S/C12H14N2O/c1-14(2)8-10-9-4-3-7-13-11(9)5-6-12(10)15/h3-7,15H,8H2,1-2H3. The van der Waals surface area contributed by atoms with E-state index in [2.05, 4.69) is 4.98 Å². The molecule has 1 heterocycles.